The van der Waals surface area contributed by atoms with Gasteiger partial charge in [0, 0.05) is 13.1 Å². The number of carbonyl (C=O) groups excluding carboxylic acids is 1. The van der Waals surface area contributed by atoms with Crippen LogP contribution in [0.5, 0.6) is 0 Å². The molecule has 6 heteroatoms. The van der Waals surface area contributed by atoms with E-state index in [1.54, 1.807) is 6.26 Å². The Labute approximate surface area is 124 Å². The number of ether oxygens (including phenoxy) is 1. The van der Waals surface area contributed by atoms with Gasteiger partial charge < -0.3 is 9.64 Å². The maximum absolute atomic E-state index is 12.6. The van der Waals surface area contributed by atoms with E-state index in [2.05, 4.69) is 10.1 Å². The summed E-state index contributed by atoms with van der Waals surface area (Å²) in [5.41, 5.74) is 0.799. The molecule has 6 nitrogen and oxygen atoms in total. The second-order valence-electron chi connectivity index (χ2n) is 5.82. The lowest BCUT2D eigenvalue weighted by Crippen LogP contribution is -2.42. The molecule has 1 amide bonds. The predicted molar refractivity (Wildman–Crippen MR) is 77.6 cm³/mol. The summed E-state index contributed by atoms with van der Waals surface area (Å²) in [5.74, 6) is 1.83. The lowest BCUT2D eigenvalue weighted by atomic mass is 10.0. The summed E-state index contributed by atoms with van der Waals surface area (Å²) in [6, 6.07) is 0.231. The van der Waals surface area contributed by atoms with Gasteiger partial charge in [-0.2, -0.15) is 5.10 Å². The minimum atomic E-state index is 0.119. The van der Waals surface area contributed by atoms with Gasteiger partial charge in [-0.3, -0.25) is 4.79 Å². The number of likely N-dealkylation sites (tertiary alicyclic amines) is 1. The maximum atomic E-state index is 12.6. The molecule has 2 aliphatic rings. The lowest BCUT2D eigenvalue weighted by molar-refractivity contribution is -0.129. The van der Waals surface area contributed by atoms with E-state index in [1.807, 2.05) is 23.4 Å². The standard InChI is InChI=1S/C15H22N4O2/c1-11-16-12(2)19(17-11)14-6-3-7-18(9-14)15(20)13-5-4-8-21-10-13/h10,14H,3-9H2,1-2H3/t14-/m1/s1. The van der Waals surface area contributed by atoms with Crippen molar-refractivity contribution < 1.29 is 9.53 Å². The molecule has 1 saturated heterocycles. The van der Waals surface area contributed by atoms with Gasteiger partial charge in [-0.15, -0.1) is 0 Å². The second kappa shape index (κ2) is 5.87. The van der Waals surface area contributed by atoms with Gasteiger partial charge in [0.15, 0.2) is 0 Å². The fraction of sp³-hybridized carbons (Fsp3) is 0.667. The van der Waals surface area contributed by atoms with E-state index < -0.39 is 0 Å². The van der Waals surface area contributed by atoms with Crippen molar-refractivity contribution in [1.82, 2.24) is 19.7 Å². The third kappa shape index (κ3) is 2.94. The summed E-state index contributed by atoms with van der Waals surface area (Å²) >= 11 is 0. The number of aromatic nitrogens is 3. The minimum Gasteiger partial charge on any atom is -0.501 e. The molecular weight excluding hydrogens is 268 g/mol. The van der Waals surface area contributed by atoms with E-state index in [9.17, 15) is 4.79 Å². The van der Waals surface area contributed by atoms with Crippen LogP contribution in [0.3, 0.4) is 0 Å². The van der Waals surface area contributed by atoms with Crippen LogP contribution in [0.4, 0.5) is 0 Å². The minimum absolute atomic E-state index is 0.119. The Morgan fingerprint density at radius 3 is 2.90 bits per heavy atom. The molecular formula is C15H22N4O2. The highest BCUT2D eigenvalue weighted by atomic mass is 16.5. The van der Waals surface area contributed by atoms with Crippen molar-refractivity contribution in [2.75, 3.05) is 19.7 Å². The summed E-state index contributed by atoms with van der Waals surface area (Å²) in [6.07, 6.45) is 5.43. The molecule has 0 saturated carbocycles. The fourth-order valence-corrected chi connectivity index (χ4v) is 3.15. The monoisotopic (exact) mass is 290 g/mol. The van der Waals surface area contributed by atoms with Crippen molar-refractivity contribution in [2.24, 2.45) is 0 Å². The molecule has 0 N–H and O–H groups in total. The smallest absolute Gasteiger partial charge is 0.252 e. The van der Waals surface area contributed by atoms with Crippen LogP contribution in [0, 0.1) is 13.8 Å². The van der Waals surface area contributed by atoms with E-state index in [-0.39, 0.29) is 11.9 Å². The number of carbonyl (C=O) groups is 1. The van der Waals surface area contributed by atoms with E-state index in [1.165, 1.54) is 0 Å². The molecule has 0 aliphatic carbocycles. The van der Waals surface area contributed by atoms with Crippen LogP contribution in [-0.4, -0.2) is 45.3 Å². The predicted octanol–water partition coefficient (Wildman–Crippen LogP) is 1.75. The van der Waals surface area contributed by atoms with Crippen LogP contribution in [0.1, 0.15) is 43.4 Å². The summed E-state index contributed by atoms with van der Waals surface area (Å²) in [4.78, 5) is 18.9. The van der Waals surface area contributed by atoms with E-state index >= 15 is 0 Å². The van der Waals surface area contributed by atoms with Gasteiger partial charge in [-0.05, 0) is 39.5 Å². The van der Waals surface area contributed by atoms with Gasteiger partial charge in [-0.1, -0.05) is 0 Å². The molecule has 1 aromatic rings. The van der Waals surface area contributed by atoms with Crippen molar-refractivity contribution in [1.29, 1.82) is 0 Å². The van der Waals surface area contributed by atoms with E-state index in [0.717, 1.165) is 56.1 Å². The highest BCUT2D eigenvalue weighted by Crippen LogP contribution is 2.24. The molecule has 1 fully saturated rings. The lowest BCUT2D eigenvalue weighted by Gasteiger charge is -2.34. The molecule has 1 atom stereocenters. The first kappa shape index (κ1) is 14.1. The van der Waals surface area contributed by atoms with Crippen molar-refractivity contribution in [3.05, 3.63) is 23.5 Å². The number of hydrogen-bond donors (Lipinski definition) is 0. The zero-order chi connectivity index (χ0) is 14.8. The summed E-state index contributed by atoms with van der Waals surface area (Å²) in [6.45, 7) is 6.12. The average Bonchev–Trinajstić information content (AvgIpc) is 2.86. The van der Waals surface area contributed by atoms with Crippen molar-refractivity contribution in [2.45, 2.75) is 45.6 Å². The average molecular weight is 290 g/mol. The normalized spacial score (nSPS) is 22.7. The molecule has 0 spiro atoms. The molecule has 3 heterocycles. The molecule has 0 aromatic carbocycles. The van der Waals surface area contributed by atoms with Crippen LogP contribution >= 0.6 is 0 Å². The first-order valence-corrected chi connectivity index (χ1v) is 7.65. The number of piperidine rings is 1. The second-order valence-corrected chi connectivity index (χ2v) is 5.82. The third-order valence-corrected chi connectivity index (χ3v) is 4.15. The highest BCUT2D eigenvalue weighted by molar-refractivity contribution is 5.93. The van der Waals surface area contributed by atoms with Crippen LogP contribution in [-0.2, 0) is 9.53 Å². The molecule has 114 valence electrons. The molecule has 2 aliphatic heterocycles. The first-order chi connectivity index (χ1) is 10.1. The molecule has 21 heavy (non-hydrogen) atoms. The van der Waals surface area contributed by atoms with E-state index in [4.69, 9.17) is 4.74 Å². The number of nitrogens with zero attached hydrogens (tertiary/aromatic N) is 4. The maximum Gasteiger partial charge on any atom is 0.252 e. The Balaban J connectivity index is 1.72. The van der Waals surface area contributed by atoms with Crippen LogP contribution < -0.4 is 0 Å². The molecule has 0 unspecified atom stereocenters. The topological polar surface area (TPSA) is 60.2 Å². The molecule has 1 aromatic heterocycles. The fourth-order valence-electron chi connectivity index (χ4n) is 3.15. The van der Waals surface area contributed by atoms with Gasteiger partial charge >= 0.3 is 0 Å². The number of amides is 1. The summed E-state index contributed by atoms with van der Waals surface area (Å²) in [7, 11) is 0. The van der Waals surface area contributed by atoms with Crippen molar-refractivity contribution in [3.63, 3.8) is 0 Å². The zero-order valence-electron chi connectivity index (χ0n) is 12.7. The highest BCUT2D eigenvalue weighted by Gasteiger charge is 2.28. The Morgan fingerprint density at radius 2 is 2.24 bits per heavy atom. The Bertz CT molecular complexity index is 564. The van der Waals surface area contributed by atoms with Gasteiger partial charge in [0.05, 0.1) is 24.5 Å². The Kier molecular flexibility index (Phi) is 3.94. The Hall–Kier alpha value is -1.85. The number of aryl methyl sites for hydroxylation is 2. The van der Waals surface area contributed by atoms with E-state index in [0.29, 0.717) is 6.54 Å². The first-order valence-electron chi connectivity index (χ1n) is 7.65. The number of rotatable bonds is 2. The summed E-state index contributed by atoms with van der Waals surface area (Å²) < 4.78 is 7.26. The van der Waals surface area contributed by atoms with Crippen molar-refractivity contribution in [3.8, 4) is 0 Å². The van der Waals surface area contributed by atoms with Gasteiger partial charge in [0.25, 0.3) is 5.91 Å². The van der Waals surface area contributed by atoms with Crippen LogP contribution in [0.2, 0.25) is 0 Å². The molecule has 3 rings (SSSR count). The molecule has 0 radical (unpaired) electrons. The third-order valence-electron chi connectivity index (χ3n) is 4.15. The number of hydrogen-bond acceptors (Lipinski definition) is 4. The van der Waals surface area contributed by atoms with Crippen molar-refractivity contribution >= 4 is 5.91 Å². The van der Waals surface area contributed by atoms with Gasteiger partial charge in [-0.25, -0.2) is 9.67 Å². The quantitative estimate of drug-likeness (QED) is 0.832. The van der Waals surface area contributed by atoms with Crippen LogP contribution in [0.25, 0.3) is 0 Å². The van der Waals surface area contributed by atoms with Crippen LogP contribution in [0.15, 0.2) is 11.8 Å². The summed E-state index contributed by atoms with van der Waals surface area (Å²) in [5, 5.41) is 4.47. The van der Waals surface area contributed by atoms with Gasteiger partial charge in [0.1, 0.15) is 11.6 Å². The SMILES string of the molecule is Cc1nc(C)n([C@@H]2CCCN(C(=O)C3=COCCC3)C2)n1. The largest absolute Gasteiger partial charge is 0.501 e. The zero-order valence-corrected chi connectivity index (χ0v) is 12.7. The molecule has 0 bridgehead atoms. The van der Waals surface area contributed by atoms with Gasteiger partial charge in [0.2, 0.25) is 0 Å². The Morgan fingerprint density at radius 1 is 1.38 bits per heavy atom.